The van der Waals surface area contributed by atoms with E-state index < -0.39 is 5.97 Å². The molecule has 0 unspecified atom stereocenters. The third-order valence-corrected chi connectivity index (χ3v) is 3.58. The van der Waals surface area contributed by atoms with Crippen LogP contribution in [0.3, 0.4) is 0 Å². The van der Waals surface area contributed by atoms with Crippen molar-refractivity contribution >= 4 is 11.9 Å². The van der Waals surface area contributed by atoms with Crippen molar-refractivity contribution in [2.24, 2.45) is 5.92 Å². The Kier molecular flexibility index (Phi) is 7.95. The summed E-state index contributed by atoms with van der Waals surface area (Å²) in [7, 11) is 0. The van der Waals surface area contributed by atoms with Gasteiger partial charge in [-0.15, -0.1) is 0 Å². The molecule has 5 nitrogen and oxygen atoms in total. The number of carboxylic acid groups (broad SMARTS) is 1. The van der Waals surface area contributed by atoms with Gasteiger partial charge in [-0.05, 0) is 44.9 Å². The lowest BCUT2D eigenvalue weighted by atomic mass is 9.87. The highest BCUT2D eigenvalue weighted by molar-refractivity contribution is 5.81. The zero-order valence-corrected chi connectivity index (χ0v) is 11.9. The average molecular weight is 284 g/mol. The van der Waals surface area contributed by atoms with E-state index in [1.165, 1.54) is 0 Å². The fourth-order valence-electron chi connectivity index (χ4n) is 2.34. The average Bonchev–Trinajstić information content (AvgIpc) is 2.46. The van der Waals surface area contributed by atoms with Crippen molar-refractivity contribution in [3.05, 3.63) is 12.7 Å². The van der Waals surface area contributed by atoms with Crippen LogP contribution < -0.4 is 0 Å². The van der Waals surface area contributed by atoms with Gasteiger partial charge in [0.15, 0.2) is 0 Å². The molecule has 1 aliphatic rings. The van der Waals surface area contributed by atoms with Crippen LogP contribution in [-0.4, -0.2) is 36.4 Å². The Morgan fingerprint density at radius 1 is 1.10 bits per heavy atom. The molecule has 1 fully saturated rings. The van der Waals surface area contributed by atoms with Gasteiger partial charge in [-0.25, -0.2) is 4.79 Å². The van der Waals surface area contributed by atoms with E-state index in [-0.39, 0.29) is 18.0 Å². The Balaban J connectivity index is 1.93. The van der Waals surface area contributed by atoms with E-state index in [1.54, 1.807) is 0 Å². The molecule has 0 aromatic rings. The number of carbonyl (C=O) groups excluding carboxylic acids is 1. The van der Waals surface area contributed by atoms with Crippen LogP contribution in [0.15, 0.2) is 12.7 Å². The number of aliphatic carboxylic acids is 1. The van der Waals surface area contributed by atoms with Crippen molar-refractivity contribution < 1.29 is 24.2 Å². The monoisotopic (exact) mass is 284 g/mol. The third kappa shape index (κ3) is 6.70. The Morgan fingerprint density at radius 2 is 1.75 bits per heavy atom. The molecule has 114 valence electrons. The minimum Gasteiger partial charge on any atom is -0.481 e. The van der Waals surface area contributed by atoms with Crippen LogP contribution >= 0.6 is 0 Å². The Hall–Kier alpha value is -1.36. The number of hydrogen-bond acceptors (Lipinski definition) is 4. The summed E-state index contributed by atoms with van der Waals surface area (Å²) >= 11 is 0. The van der Waals surface area contributed by atoms with Crippen molar-refractivity contribution in [1.29, 1.82) is 0 Å². The first-order chi connectivity index (χ1) is 9.63. The number of esters is 1. The molecule has 0 amide bonds. The molecule has 0 saturated heterocycles. The van der Waals surface area contributed by atoms with Gasteiger partial charge in [0, 0.05) is 12.7 Å². The topological polar surface area (TPSA) is 72.8 Å². The molecule has 5 heteroatoms. The van der Waals surface area contributed by atoms with E-state index in [1.807, 2.05) is 0 Å². The number of ether oxygens (including phenoxy) is 2. The second-order valence-corrected chi connectivity index (χ2v) is 5.11. The maximum absolute atomic E-state index is 10.8. The molecular formula is C15H24O5. The predicted octanol–water partition coefficient (Wildman–Crippen LogP) is 2.55. The fraction of sp³-hybridized carbons (Fsp3) is 0.733. The van der Waals surface area contributed by atoms with Gasteiger partial charge >= 0.3 is 11.9 Å². The van der Waals surface area contributed by atoms with E-state index in [9.17, 15) is 9.59 Å². The van der Waals surface area contributed by atoms with Gasteiger partial charge in [-0.3, -0.25) is 4.79 Å². The molecule has 1 rings (SSSR count). The summed E-state index contributed by atoms with van der Waals surface area (Å²) in [5, 5.41) is 8.90. The first-order valence-corrected chi connectivity index (χ1v) is 7.27. The molecule has 1 aliphatic carbocycles. The third-order valence-electron chi connectivity index (χ3n) is 3.58. The van der Waals surface area contributed by atoms with E-state index in [0.717, 1.165) is 51.0 Å². The highest BCUT2D eigenvalue weighted by Gasteiger charge is 2.25. The molecule has 0 aliphatic heterocycles. The van der Waals surface area contributed by atoms with Gasteiger partial charge in [0.05, 0.1) is 18.6 Å². The quantitative estimate of drug-likeness (QED) is 0.400. The predicted molar refractivity (Wildman–Crippen MR) is 74.3 cm³/mol. The molecular weight excluding hydrogens is 260 g/mol. The molecule has 20 heavy (non-hydrogen) atoms. The van der Waals surface area contributed by atoms with Crippen molar-refractivity contribution in [2.75, 3.05) is 13.2 Å². The van der Waals surface area contributed by atoms with Crippen LogP contribution in [0.25, 0.3) is 0 Å². The second-order valence-electron chi connectivity index (χ2n) is 5.11. The molecule has 0 aromatic heterocycles. The van der Waals surface area contributed by atoms with Gasteiger partial charge in [0.2, 0.25) is 0 Å². The summed E-state index contributed by atoms with van der Waals surface area (Å²) in [4.78, 5) is 21.6. The second kappa shape index (κ2) is 9.53. The van der Waals surface area contributed by atoms with E-state index >= 15 is 0 Å². The molecule has 0 radical (unpaired) electrons. The largest absolute Gasteiger partial charge is 0.481 e. The standard InChI is InChI=1S/C15H24O5/c1-2-14(16)20-11-5-3-4-10-19-13-8-6-12(7-9-13)15(17)18/h2,12-13H,1,3-11H2,(H,17,18). The highest BCUT2D eigenvalue weighted by atomic mass is 16.5. The zero-order valence-electron chi connectivity index (χ0n) is 11.9. The molecule has 0 atom stereocenters. The fourth-order valence-corrected chi connectivity index (χ4v) is 2.34. The van der Waals surface area contributed by atoms with Crippen molar-refractivity contribution in [3.63, 3.8) is 0 Å². The van der Waals surface area contributed by atoms with E-state index in [2.05, 4.69) is 6.58 Å². The summed E-state index contributed by atoms with van der Waals surface area (Å²) < 4.78 is 10.6. The minimum atomic E-state index is -0.683. The van der Waals surface area contributed by atoms with Gasteiger partial charge in [-0.2, -0.15) is 0 Å². The van der Waals surface area contributed by atoms with Crippen LogP contribution in [0.5, 0.6) is 0 Å². The van der Waals surface area contributed by atoms with E-state index in [0.29, 0.717) is 13.2 Å². The van der Waals surface area contributed by atoms with Gasteiger partial charge < -0.3 is 14.6 Å². The van der Waals surface area contributed by atoms with Crippen molar-refractivity contribution in [1.82, 2.24) is 0 Å². The summed E-state index contributed by atoms with van der Waals surface area (Å²) in [6.07, 6.45) is 7.21. The Morgan fingerprint density at radius 3 is 2.35 bits per heavy atom. The zero-order chi connectivity index (χ0) is 14.8. The van der Waals surface area contributed by atoms with Gasteiger partial charge in [0.1, 0.15) is 0 Å². The number of hydrogen-bond donors (Lipinski definition) is 1. The van der Waals surface area contributed by atoms with Crippen molar-refractivity contribution in [2.45, 2.75) is 51.0 Å². The molecule has 1 saturated carbocycles. The first kappa shape index (κ1) is 16.7. The number of carboxylic acids is 1. The smallest absolute Gasteiger partial charge is 0.330 e. The normalized spacial score (nSPS) is 22.2. The maximum atomic E-state index is 10.8. The molecule has 0 heterocycles. The highest BCUT2D eigenvalue weighted by Crippen LogP contribution is 2.26. The van der Waals surface area contributed by atoms with Crippen LogP contribution in [0.2, 0.25) is 0 Å². The van der Waals surface area contributed by atoms with Gasteiger partial charge in [0.25, 0.3) is 0 Å². The minimum absolute atomic E-state index is 0.186. The van der Waals surface area contributed by atoms with Crippen LogP contribution in [0, 0.1) is 5.92 Å². The summed E-state index contributed by atoms with van der Waals surface area (Å²) in [5.41, 5.74) is 0. The molecule has 0 bridgehead atoms. The maximum Gasteiger partial charge on any atom is 0.330 e. The molecule has 0 aromatic carbocycles. The number of carbonyl (C=O) groups is 2. The summed E-state index contributed by atoms with van der Waals surface area (Å²) in [6.45, 7) is 4.44. The summed E-state index contributed by atoms with van der Waals surface area (Å²) in [5.74, 6) is -1.25. The van der Waals surface area contributed by atoms with Crippen LogP contribution in [0.4, 0.5) is 0 Å². The lowest BCUT2D eigenvalue weighted by molar-refractivity contribution is -0.143. The van der Waals surface area contributed by atoms with Crippen LogP contribution in [-0.2, 0) is 19.1 Å². The van der Waals surface area contributed by atoms with E-state index in [4.69, 9.17) is 14.6 Å². The molecule has 1 N–H and O–H groups in total. The molecule has 0 spiro atoms. The number of rotatable bonds is 9. The lowest BCUT2D eigenvalue weighted by Crippen LogP contribution is -2.26. The summed E-state index contributed by atoms with van der Waals surface area (Å²) in [6, 6.07) is 0. The number of unbranched alkanes of at least 4 members (excludes halogenated alkanes) is 2. The SMILES string of the molecule is C=CC(=O)OCCCCCOC1CCC(C(=O)O)CC1. The first-order valence-electron chi connectivity index (χ1n) is 7.27. The lowest BCUT2D eigenvalue weighted by Gasteiger charge is -2.26. The Bertz CT molecular complexity index is 318. The Labute approximate surface area is 119 Å². The van der Waals surface area contributed by atoms with Crippen molar-refractivity contribution in [3.8, 4) is 0 Å². The van der Waals surface area contributed by atoms with Gasteiger partial charge in [-0.1, -0.05) is 6.58 Å². The van der Waals surface area contributed by atoms with Crippen LogP contribution in [0.1, 0.15) is 44.9 Å².